The Morgan fingerprint density at radius 1 is 1.10 bits per heavy atom. The van der Waals surface area contributed by atoms with Crippen LogP contribution in [0.5, 0.6) is 5.88 Å². The molecule has 1 aliphatic heterocycles. The molecule has 4 aromatic heterocycles. The number of hydrogen-bond acceptors (Lipinski definition) is 11. The predicted molar refractivity (Wildman–Crippen MR) is 183 cm³/mol. The van der Waals surface area contributed by atoms with Crippen LogP contribution >= 0.6 is 0 Å². The highest BCUT2D eigenvalue weighted by Crippen LogP contribution is 2.39. The van der Waals surface area contributed by atoms with Crippen molar-refractivity contribution in [2.45, 2.75) is 52.8 Å². The Hall–Kier alpha value is -4.57. The fourth-order valence-electron chi connectivity index (χ4n) is 6.33. The number of H-pyrrole nitrogens is 1. The number of pyridine rings is 2. The van der Waals surface area contributed by atoms with Crippen LogP contribution in [-0.4, -0.2) is 112 Å². The van der Waals surface area contributed by atoms with Crippen molar-refractivity contribution < 1.29 is 32.5 Å². The van der Waals surface area contributed by atoms with Crippen molar-refractivity contribution in [1.29, 1.82) is 0 Å². The first-order valence-corrected chi connectivity index (χ1v) is 16.5. The molecule has 0 amide bonds. The normalized spacial score (nSPS) is 15.9. The van der Waals surface area contributed by atoms with E-state index >= 15 is 0 Å². The van der Waals surface area contributed by atoms with Gasteiger partial charge in [0.15, 0.2) is 11.5 Å². The molecule has 1 saturated heterocycles. The monoisotopic (exact) mass is 699 g/mol. The van der Waals surface area contributed by atoms with Crippen LogP contribution in [0.4, 0.5) is 24.7 Å². The van der Waals surface area contributed by atoms with Crippen LogP contribution < -0.4 is 14.5 Å². The molecule has 0 bridgehead atoms. The quantitative estimate of drug-likeness (QED) is 0.174. The fraction of sp³-hybridized carbons (Fsp3) is 0.529. The smallest absolute Gasteiger partial charge is 0.421 e. The number of carboxylic acids is 1. The van der Waals surface area contributed by atoms with Gasteiger partial charge in [0.25, 0.3) is 0 Å². The molecule has 1 atom stereocenters. The average Bonchev–Trinajstić information content (AvgIpc) is 3.49. The highest BCUT2D eigenvalue weighted by molar-refractivity contribution is 5.91. The first-order valence-electron chi connectivity index (χ1n) is 16.5. The molecule has 1 fully saturated rings. The molecule has 2 N–H and O–H groups in total. The Balaban J connectivity index is 1.46. The van der Waals surface area contributed by atoms with Crippen molar-refractivity contribution in [2.75, 3.05) is 69.9 Å². The molecule has 0 aliphatic carbocycles. The lowest BCUT2D eigenvalue weighted by Gasteiger charge is -2.40. The highest BCUT2D eigenvalue weighted by Gasteiger charge is 2.36. The first kappa shape index (κ1) is 36.7. The molecule has 0 radical (unpaired) electrons. The van der Waals surface area contributed by atoms with Gasteiger partial charge in [-0.05, 0) is 38.9 Å². The van der Waals surface area contributed by atoms with E-state index in [0.717, 1.165) is 32.2 Å². The number of imidazole rings is 1. The number of aliphatic carboxylic acids is 1. The number of rotatable bonds is 14. The van der Waals surface area contributed by atoms with E-state index in [1.165, 1.54) is 6.20 Å². The van der Waals surface area contributed by atoms with Crippen molar-refractivity contribution in [3.8, 4) is 28.7 Å². The van der Waals surface area contributed by atoms with Gasteiger partial charge in [0, 0.05) is 70.0 Å². The number of ether oxygens (including phenoxy) is 2. The molecule has 4 aromatic rings. The number of carbonyl (C=O) groups is 1. The number of piperazine rings is 1. The maximum atomic E-state index is 14.0. The predicted octanol–water partition coefficient (Wildman–Crippen LogP) is 5.38. The van der Waals surface area contributed by atoms with Gasteiger partial charge in [0.05, 0.1) is 37.0 Å². The summed E-state index contributed by atoms with van der Waals surface area (Å²) in [5.74, 6) is -0.149. The van der Waals surface area contributed by atoms with Gasteiger partial charge in [-0.2, -0.15) is 13.2 Å². The van der Waals surface area contributed by atoms with E-state index in [1.807, 2.05) is 11.9 Å². The van der Waals surface area contributed by atoms with Gasteiger partial charge in [-0.25, -0.2) is 24.9 Å². The number of alkyl halides is 3. The Morgan fingerprint density at radius 3 is 2.52 bits per heavy atom. The van der Waals surface area contributed by atoms with Gasteiger partial charge < -0.3 is 29.4 Å². The number of nitrogens with one attached hydrogen (secondary N) is 1. The summed E-state index contributed by atoms with van der Waals surface area (Å²) in [5.41, 5.74) is 1.23. The molecule has 5 rings (SSSR count). The zero-order valence-corrected chi connectivity index (χ0v) is 29.2. The maximum Gasteiger partial charge on any atom is 0.421 e. The summed E-state index contributed by atoms with van der Waals surface area (Å²) in [6.45, 7) is 11.9. The zero-order chi connectivity index (χ0) is 36.2. The van der Waals surface area contributed by atoms with Gasteiger partial charge in [-0.15, -0.1) is 0 Å². The summed E-state index contributed by atoms with van der Waals surface area (Å²) in [6.07, 6.45) is 0.727. The molecule has 0 unspecified atom stereocenters. The van der Waals surface area contributed by atoms with Gasteiger partial charge in [-0.1, -0.05) is 13.8 Å². The lowest BCUT2D eigenvalue weighted by molar-refractivity contribution is -0.139. The molecule has 13 nitrogen and oxygen atoms in total. The van der Waals surface area contributed by atoms with Crippen molar-refractivity contribution in [3.05, 3.63) is 36.3 Å². The molecule has 0 spiro atoms. The fourth-order valence-corrected chi connectivity index (χ4v) is 6.33. The second kappa shape index (κ2) is 15.1. The number of hydrogen-bond donors (Lipinski definition) is 2. The number of halogens is 3. The van der Waals surface area contributed by atoms with Gasteiger partial charge >= 0.3 is 12.1 Å². The van der Waals surface area contributed by atoms with Gasteiger partial charge in [0.1, 0.15) is 22.6 Å². The van der Waals surface area contributed by atoms with E-state index in [-0.39, 0.29) is 35.7 Å². The maximum absolute atomic E-state index is 14.0. The minimum Gasteiger partial charge on any atom is -0.481 e. The summed E-state index contributed by atoms with van der Waals surface area (Å²) in [5, 5.41) is 8.96. The third kappa shape index (κ3) is 8.59. The topological polar surface area (TPSA) is 146 Å². The molecular weight excluding hydrogens is 655 g/mol. The first-order chi connectivity index (χ1) is 23.7. The summed E-state index contributed by atoms with van der Waals surface area (Å²) in [7, 11) is 3.54. The SMILES string of the molecule is CCOc1ncc(-c2cc(N(C)CC(C)(C)COC)c3[nH]c(-c4cnc(N5CCN(CCCC(=O)O)[C@@H](C)C5)cn4)nc3n2)cc1C(F)(F)F. The van der Waals surface area contributed by atoms with Crippen LogP contribution in [0, 0.1) is 5.41 Å². The number of anilines is 2. The van der Waals surface area contributed by atoms with Crippen molar-refractivity contribution in [3.63, 3.8) is 0 Å². The Bertz CT molecular complexity index is 1780. The molecule has 5 heterocycles. The molecule has 16 heteroatoms. The van der Waals surface area contributed by atoms with E-state index in [2.05, 4.69) is 55.5 Å². The molecule has 0 aromatic carbocycles. The third-order valence-corrected chi connectivity index (χ3v) is 8.59. The molecule has 270 valence electrons. The van der Waals surface area contributed by atoms with E-state index in [9.17, 15) is 18.0 Å². The van der Waals surface area contributed by atoms with Crippen LogP contribution in [0.25, 0.3) is 33.9 Å². The van der Waals surface area contributed by atoms with E-state index in [0.29, 0.717) is 53.8 Å². The van der Waals surface area contributed by atoms with Crippen molar-refractivity contribution >= 4 is 28.6 Å². The lowest BCUT2D eigenvalue weighted by atomic mass is 9.94. The average molecular weight is 700 g/mol. The standard InChI is InChI=1S/C34H44F3N9O4/c1-7-50-32-23(34(35,36)37)13-22(15-40-32)24-14-26(44(5)19-33(3,4)20-49-6)29-31(41-24)43-30(42-29)25-16-39-27(17-38-25)46-12-11-45(21(2)18-46)10-8-9-28(47)48/h13-17,21H,7-12,18-20H2,1-6H3,(H,47,48)(H,41,42,43)/t21-/m0/s1. The summed E-state index contributed by atoms with van der Waals surface area (Å²) < 4.78 is 52.6. The minimum atomic E-state index is -4.68. The van der Waals surface area contributed by atoms with Crippen LogP contribution in [-0.2, 0) is 15.7 Å². The number of nitrogens with zero attached hydrogens (tertiary/aromatic N) is 8. The molecule has 1 aliphatic rings. The molecule has 50 heavy (non-hydrogen) atoms. The van der Waals surface area contributed by atoms with E-state index in [1.54, 1.807) is 32.5 Å². The van der Waals surface area contributed by atoms with Crippen LogP contribution in [0.2, 0.25) is 0 Å². The van der Waals surface area contributed by atoms with Gasteiger partial charge in [-0.3, -0.25) is 9.69 Å². The van der Waals surface area contributed by atoms with E-state index < -0.39 is 23.6 Å². The Morgan fingerprint density at radius 2 is 1.88 bits per heavy atom. The molecular formula is C34H44F3N9O4. The Labute approximate surface area is 288 Å². The highest BCUT2D eigenvalue weighted by atomic mass is 19.4. The number of fused-ring (bicyclic) bond motifs is 1. The number of aromatic nitrogens is 6. The second-order valence-corrected chi connectivity index (χ2v) is 13.4. The number of carboxylic acid groups (broad SMARTS) is 1. The van der Waals surface area contributed by atoms with Crippen LogP contribution in [0.15, 0.2) is 30.7 Å². The third-order valence-electron chi connectivity index (χ3n) is 8.59. The second-order valence-electron chi connectivity index (χ2n) is 13.4. The van der Waals surface area contributed by atoms with Crippen LogP contribution in [0.3, 0.4) is 0 Å². The molecule has 0 saturated carbocycles. The number of methoxy groups -OCH3 is 1. The largest absolute Gasteiger partial charge is 0.481 e. The van der Waals surface area contributed by atoms with E-state index in [4.69, 9.17) is 19.6 Å². The van der Waals surface area contributed by atoms with Gasteiger partial charge in [0.2, 0.25) is 5.88 Å². The number of aromatic amines is 1. The summed E-state index contributed by atoms with van der Waals surface area (Å²) in [6, 6.07) is 2.94. The summed E-state index contributed by atoms with van der Waals surface area (Å²) >= 11 is 0. The lowest BCUT2D eigenvalue weighted by Crippen LogP contribution is -2.52. The zero-order valence-electron chi connectivity index (χ0n) is 29.2. The Kier molecular flexibility index (Phi) is 11.1. The van der Waals surface area contributed by atoms with Crippen LogP contribution in [0.1, 0.15) is 46.1 Å². The van der Waals surface area contributed by atoms with Crippen molar-refractivity contribution in [1.82, 2.24) is 34.8 Å². The van der Waals surface area contributed by atoms with Crippen molar-refractivity contribution in [2.24, 2.45) is 5.41 Å². The minimum absolute atomic E-state index is 0.0394. The summed E-state index contributed by atoms with van der Waals surface area (Å²) in [4.78, 5) is 43.4.